The quantitative estimate of drug-likeness (QED) is 0.140. The van der Waals surface area contributed by atoms with Crippen LogP contribution in [0.15, 0.2) is 243 Å². The van der Waals surface area contributed by atoms with Crippen LogP contribution in [-0.2, 0) is 43.3 Å². The fraction of sp³-hybridized carbons (Fsp3) is 0.288. The summed E-state index contributed by atoms with van der Waals surface area (Å²) in [5, 5.41) is 12.2. The molecule has 0 bridgehead atoms. The fourth-order valence-corrected chi connectivity index (χ4v) is 18.3. The summed E-state index contributed by atoms with van der Waals surface area (Å²) in [5.41, 5.74) is 31.8. The lowest BCUT2D eigenvalue weighted by molar-refractivity contribution is 0.112. The van der Waals surface area contributed by atoms with Gasteiger partial charge in [-0.1, -0.05) is 227 Å². The first-order valence-electron chi connectivity index (χ1n) is 42.3. The van der Waals surface area contributed by atoms with E-state index in [9.17, 15) is 4.79 Å². The highest BCUT2D eigenvalue weighted by Gasteiger charge is 2.30. The summed E-state index contributed by atoms with van der Waals surface area (Å²) in [6.07, 6.45) is 0.938. The van der Waals surface area contributed by atoms with Crippen molar-refractivity contribution in [1.29, 1.82) is 0 Å². The van der Waals surface area contributed by atoms with Gasteiger partial charge in [0, 0.05) is 87.9 Å². The summed E-state index contributed by atoms with van der Waals surface area (Å²) in [6, 6.07) is 94.6. The van der Waals surface area contributed by atoms with Crippen LogP contribution in [0.2, 0.25) is 0 Å². The van der Waals surface area contributed by atoms with Gasteiger partial charge in [-0.25, -0.2) is 0 Å². The van der Waals surface area contributed by atoms with Gasteiger partial charge in [-0.05, 0) is 292 Å². The molecule has 6 nitrogen and oxygen atoms in total. The largest absolute Gasteiger partial charge is 0.309 e. The van der Waals surface area contributed by atoms with Crippen LogP contribution in [0.25, 0.3) is 160 Å². The summed E-state index contributed by atoms with van der Waals surface area (Å²) in [6.45, 7) is 55.8. The van der Waals surface area contributed by atoms with E-state index < -0.39 is 0 Å². The number of carbonyl (C=O) groups is 1. The van der Waals surface area contributed by atoms with Crippen molar-refractivity contribution in [3.05, 3.63) is 293 Å². The predicted molar refractivity (Wildman–Crippen MR) is 504 cm³/mol. The molecule has 117 heavy (non-hydrogen) atoms. The monoisotopic (exact) mass is 1530 g/mol. The zero-order valence-electron chi connectivity index (χ0n) is 73.3. The average Bonchev–Trinajstić information content (AvgIpc) is 1.57. The third kappa shape index (κ3) is 13.0. The zero-order valence-corrected chi connectivity index (χ0v) is 73.3. The predicted octanol–water partition coefficient (Wildman–Crippen LogP) is 30.7. The van der Waals surface area contributed by atoms with E-state index in [1.165, 1.54) is 132 Å². The average molecular weight is 1530 g/mol. The van der Waals surface area contributed by atoms with Crippen LogP contribution in [0.4, 0.5) is 0 Å². The first-order valence-corrected chi connectivity index (χ1v) is 42.3. The van der Waals surface area contributed by atoms with E-state index in [0.717, 1.165) is 78.8 Å². The Morgan fingerprint density at radius 1 is 0.171 bits per heavy atom. The smallest absolute Gasteiger partial charge is 0.150 e. The minimum absolute atomic E-state index is 0.0645. The Bertz CT molecular complexity index is 6160. The maximum Gasteiger partial charge on any atom is 0.150 e. The highest BCUT2D eigenvalue weighted by atomic mass is 16.1. The van der Waals surface area contributed by atoms with E-state index in [2.05, 4.69) is 420 Å². The van der Waals surface area contributed by atoms with Crippen LogP contribution in [0.5, 0.6) is 0 Å². The second-order valence-electron chi connectivity index (χ2n) is 42.2. The molecular weight excluding hydrogens is 1420 g/mol. The van der Waals surface area contributed by atoms with Crippen LogP contribution in [0, 0.1) is 0 Å². The third-order valence-corrected chi connectivity index (χ3v) is 25.5. The second kappa shape index (κ2) is 26.3. The lowest BCUT2D eigenvalue weighted by atomic mass is 9.85. The maximum atomic E-state index is 12.5. The van der Waals surface area contributed by atoms with Crippen LogP contribution >= 0.6 is 0 Å². The summed E-state index contributed by atoms with van der Waals surface area (Å²) >= 11 is 0. The van der Waals surface area contributed by atoms with Crippen molar-refractivity contribution in [3.63, 3.8) is 0 Å². The van der Waals surface area contributed by atoms with Gasteiger partial charge in [-0.15, -0.1) is 0 Å². The molecule has 13 aromatic carbocycles. The number of aldehydes is 1. The Morgan fingerprint density at radius 2 is 0.342 bits per heavy atom. The number of rotatable bonds is 8. The number of hydrogen-bond acceptors (Lipinski definition) is 1. The Kier molecular flexibility index (Phi) is 17.2. The first-order chi connectivity index (χ1) is 55.0. The van der Waals surface area contributed by atoms with E-state index in [1.807, 2.05) is 12.1 Å². The summed E-state index contributed by atoms with van der Waals surface area (Å²) in [5.74, 6) is 0. The molecule has 0 atom stereocenters. The number of hydrogen-bond donors (Lipinski definition) is 0. The Balaban J connectivity index is 0.927. The van der Waals surface area contributed by atoms with Crippen molar-refractivity contribution in [2.24, 2.45) is 0 Å². The molecule has 5 aromatic heterocycles. The van der Waals surface area contributed by atoms with E-state index in [0.29, 0.717) is 5.56 Å². The van der Waals surface area contributed by atoms with Gasteiger partial charge in [0.1, 0.15) is 6.29 Å². The van der Waals surface area contributed by atoms with Gasteiger partial charge in [-0.2, -0.15) is 0 Å². The number of benzene rings is 13. The maximum absolute atomic E-state index is 12.5. The number of aromatic nitrogens is 5. The van der Waals surface area contributed by atoms with Crippen molar-refractivity contribution < 1.29 is 4.79 Å². The van der Waals surface area contributed by atoms with Gasteiger partial charge in [0.15, 0.2) is 0 Å². The lowest BCUT2D eigenvalue weighted by Crippen LogP contribution is -2.10. The van der Waals surface area contributed by atoms with E-state index in [4.69, 9.17) is 0 Å². The van der Waals surface area contributed by atoms with Crippen molar-refractivity contribution in [2.75, 3.05) is 0 Å². The van der Waals surface area contributed by atoms with Crippen molar-refractivity contribution in [2.45, 2.75) is 209 Å². The Hall–Kier alpha value is -11.5. The molecule has 0 aliphatic carbocycles. The molecule has 0 saturated heterocycles. The molecule has 0 radical (unpaired) electrons. The number of carbonyl (C=O) groups excluding carboxylic acids is 1. The molecule has 0 aliphatic heterocycles. The molecule has 0 fully saturated rings. The molecule has 0 amide bonds. The molecule has 0 spiro atoms. The first kappa shape index (κ1) is 76.8. The van der Waals surface area contributed by atoms with Gasteiger partial charge < -0.3 is 22.8 Å². The molecule has 18 rings (SSSR count). The summed E-state index contributed by atoms with van der Waals surface area (Å²) in [4.78, 5) is 12.5. The molecule has 0 saturated carbocycles. The molecule has 0 unspecified atom stereocenters. The molecule has 0 aliphatic rings. The minimum Gasteiger partial charge on any atom is -0.309 e. The van der Waals surface area contributed by atoms with Gasteiger partial charge in [-0.3, -0.25) is 4.79 Å². The Morgan fingerprint density at radius 3 is 0.521 bits per heavy atom. The van der Waals surface area contributed by atoms with Gasteiger partial charge in [0.2, 0.25) is 0 Å². The van der Waals surface area contributed by atoms with Crippen LogP contribution < -0.4 is 0 Å². The van der Waals surface area contributed by atoms with E-state index in [-0.39, 0.29) is 43.3 Å². The van der Waals surface area contributed by atoms with Crippen molar-refractivity contribution >= 4 is 115 Å². The SMILES string of the molecule is CC(C)(C)c1ccc2c(c1)c1cc(C(C)(C)C)ccc1n2-c1cc(-c2ccc3c(c2)c2cc(-c4cc(-n5c6ccc(C(C)(C)C)cc6c6cc(C(C)(C)C)ccc65)cc(-n5c6ccc(C(C)(C)C)cc6c6cc(C(C)(C)C)ccc65)c4)ccc2n3-c2ccc(C=O)cc2)cc(-n2c3ccc(C(C)(C)C)cc3c3cc(C(C)(C)C)ccc32)c1. The fourth-order valence-electron chi connectivity index (χ4n) is 18.3. The van der Waals surface area contributed by atoms with Gasteiger partial charge in [0.05, 0.1) is 55.2 Å². The zero-order chi connectivity index (χ0) is 82.8. The standard InChI is InChI=1S/C111H113N5O/c1-104(2,3)71-29-41-96-86(55-71)87-56-72(105(4,5)6)30-42-97(87)113(96)80-49-69(50-81(63-80)114-98-43-31-73(106(7,8)9)57-88(98)89-58-74(107(10,11)12)32-44-99(89)114)67-27-39-94-84(53-67)85-54-68(28-40-95(85)112(94)79-37-25-66(65-117)26-38-79)70-51-82(115-100-45-33-75(108(13,14)15)59-90(100)91-60-76(109(16,17)18)34-46-101(91)115)64-83(52-70)116-102-47-35-77(110(19,20)21)61-92(102)93-62-78(111(22,23)24)36-48-103(93)116/h25-65H,1-24H3. The highest BCUT2D eigenvalue weighted by molar-refractivity contribution is 6.16. The summed E-state index contributed by atoms with van der Waals surface area (Å²) < 4.78 is 12.6. The van der Waals surface area contributed by atoms with Gasteiger partial charge in [0.25, 0.3) is 0 Å². The summed E-state index contributed by atoms with van der Waals surface area (Å²) in [7, 11) is 0. The molecule has 18 aromatic rings. The third-order valence-electron chi connectivity index (χ3n) is 25.5. The van der Waals surface area contributed by atoms with Crippen LogP contribution in [-0.4, -0.2) is 29.1 Å². The number of fused-ring (bicyclic) bond motifs is 15. The van der Waals surface area contributed by atoms with Gasteiger partial charge >= 0.3 is 0 Å². The lowest BCUT2D eigenvalue weighted by Gasteiger charge is -2.20. The highest BCUT2D eigenvalue weighted by Crippen LogP contribution is 2.48. The number of nitrogens with zero attached hydrogens (tertiary/aromatic N) is 5. The van der Waals surface area contributed by atoms with Crippen LogP contribution in [0.3, 0.4) is 0 Å². The topological polar surface area (TPSA) is 41.7 Å². The Labute approximate surface area is 691 Å². The molecule has 6 heteroatoms. The molecule has 0 N–H and O–H groups in total. The van der Waals surface area contributed by atoms with E-state index >= 15 is 0 Å². The minimum atomic E-state index is -0.0645. The van der Waals surface area contributed by atoms with E-state index in [1.54, 1.807) is 0 Å². The van der Waals surface area contributed by atoms with Crippen LogP contribution in [0.1, 0.15) is 221 Å². The molecule has 5 heterocycles. The molecule has 588 valence electrons. The molecular formula is C111H113N5O. The van der Waals surface area contributed by atoms with Crippen molar-refractivity contribution in [3.8, 4) is 50.7 Å². The van der Waals surface area contributed by atoms with Crippen molar-refractivity contribution in [1.82, 2.24) is 22.8 Å². The normalized spacial score (nSPS) is 13.3. The second-order valence-corrected chi connectivity index (χ2v) is 42.2.